The van der Waals surface area contributed by atoms with E-state index in [2.05, 4.69) is 44.2 Å². The molecule has 0 aromatic heterocycles. The summed E-state index contributed by atoms with van der Waals surface area (Å²) in [5.41, 5.74) is 1.07. The average molecular weight is 278 g/mol. The third-order valence-corrected chi connectivity index (χ3v) is 3.63. The molecule has 2 rings (SSSR count). The molecule has 0 saturated heterocycles. The Hall–Kier alpha value is -1.26. The molecule has 20 heavy (non-hydrogen) atoms. The van der Waals surface area contributed by atoms with Gasteiger partial charge in [0.1, 0.15) is 17.1 Å². The highest BCUT2D eigenvalue weighted by Gasteiger charge is 2.33. The monoisotopic (exact) mass is 278 g/mol. The van der Waals surface area contributed by atoms with Gasteiger partial charge < -0.3 is 19.7 Å². The molecular formula is C16H26N2O2. The molecule has 1 aromatic rings. The maximum atomic E-state index is 6.09. The molecule has 0 fully saturated rings. The highest BCUT2D eigenvalue weighted by atomic mass is 16.5. The van der Waals surface area contributed by atoms with E-state index in [-0.39, 0.29) is 5.60 Å². The van der Waals surface area contributed by atoms with Gasteiger partial charge in [-0.25, -0.2) is 0 Å². The van der Waals surface area contributed by atoms with Gasteiger partial charge in [-0.05, 0) is 34.0 Å². The third kappa shape index (κ3) is 3.64. The summed E-state index contributed by atoms with van der Waals surface area (Å²) in [5.74, 6) is 1.77. The Morgan fingerprint density at radius 3 is 2.80 bits per heavy atom. The van der Waals surface area contributed by atoms with Crippen LogP contribution in [0.15, 0.2) is 18.2 Å². The van der Waals surface area contributed by atoms with Gasteiger partial charge in [-0.2, -0.15) is 0 Å². The zero-order valence-electron chi connectivity index (χ0n) is 13.2. The number of methoxy groups -OCH3 is 1. The molecule has 1 aliphatic heterocycles. The number of nitrogens with zero attached hydrogens (tertiary/aromatic N) is 1. The van der Waals surface area contributed by atoms with E-state index >= 15 is 0 Å². The van der Waals surface area contributed by atoms with Crippen molar-refractivity contribution in [1.82, 2.24) is 10.2 Å². The zero-order valence-corrected chi connectivity index (χ0v) is 13.2. The Kier molecular flexibility index (Phi) is 4.55. The van der Waals surface area contributed by atoms with Gasteiger partial charge in [0, 0.05) is 37.2 Å². The Morgan fingerprint density at radius 2 is 2.15 bits per heavy atom. The van der Waals surface area contributed by atoms with E-state index in [1.807, 2.05) is 12.1 Å². The van der Waals surface area contributed by atoms with Crippen LogP contribution in [0.5, 0.6) is 11.5 Å². The van der Waals surface area contributed by atoms with Crippen molar-refractivity contribution in [3.05, 3.63) is 23.8 Å². The second-order valence-corrected chi connectivity index (χ2v) is 6.28. The zero-order chi connectivity index (χ0) is 14.8. The van der Waals surface area contributed by atoms with Crippen LogP contribution in [0.2, 0.25) is 0 Å². The van der Waals surface area contributed by atoms with Crippen molar-refractivity contribution in [3.63, 3.8) is 0 Å². The van der Waals surface area contributed by atoms with Crippen LogP contribution in [0, 0.1) is 0 Å². The summed E-state index contributed by atoms with van der Waals surface area (Å²) in [4.78, 5) is 2.19. The van der Waals surface area contributed by atoms with Crippen LogP contribution >= 0.6 is 0 Å². The lowest BCUT2D eigenvalue weighted by atomic mass is 9.89. The number of benzene rings is 1. The summed E-state index contributed by atoms with van der Waals surface area (Å²) < 4.78 is 11.4. The van der Waals surface area contributed by atoms with Crippen molar-refractivity contribution in [2.45, 2.75) is 31.9 Å². The predicted octanol–water partition coefficient (Wildman–Crippen LogP) is 2.45. The maximum absolute atomic E-state index is 6.09. The fourth-order valence-electron chi connectivity index (χ4n) is 2.60. The molecule has 1 unspecified atom stereocenters. The van der Waals surface area contributed by atoms with Gasteiger partial charge in [-0.3, -0.25) is 0 Å². The quantitative estimate of drug-likeness (QED) is 0.897. The van der Waals surface area contributed by atoms with Crippen LogP contribution in [-0.4, -0.2) is 44.8 Å². The minimum atomic E-state index is -0.158. The number of nitrogens with one attached hydrogen (secondary N) is 1. The van der Waals surface area contributed by atoms with Crippen molar-refractivity contribution in [2.24, 2.45) is 0 Å². The summed E-state index contributed by atoms with van der Waals surface area (Å²) in [5, 5.41) is 3.64. The number of hydrogen-bond acceptors (Lipinski definition) is 4. The maximum Gasteiger partial charge on any atom is 0.128 e. The van der Waals surface area contributed by atoms with Gasteiger partial charge >= 0.3 is 0 Å². The normalized spacial score (nSPS) is 20.4. The molecular weight excluding hydrogens is 252 g/mol. The molecule has 0 amide bonds. The molecule has 0 aliphatic carbocycles. The Labute approximate surface area is 122 Å². The Bertz CT molecular complexity index is 458. The SMILES string of the molecule is COc1ccc2c(c1)OC(C)(C)CC2NCCN(C)C. The first kappa shape index (κ1) is 15.1. The van der Waals surface area contributed by atoms with E-state index in [9.17, 15) is 0 Å². The van der Waals surface area contributed by atoms with Gasteiger partial charge in [0.15, 0.2) is 0 Å². The van der Waals surface area contributed by atoms with E-state index in [1.54, 1.807) is 7.11 Å². The van der Waals surface area contributed by atoms with Gasteiger partial charge in [0.2, 0.25) is 0 Å². The number of rotatable bonds is 5. The molecule has 1 aliphatic rings. The first-order chi connectivity index (χ1) is 9.41. The van der Waals surface area contributed by atoms with Crippen LogP contribution < -0.4 is 14.8 Å². The van der Waals surface area contributed by atoms with Crippen LogP contribution in [-0.2, 0) is 0 Å². The summed E-state index contributed by atoms with van der Waals surface area (Å²) in [6.07, 6.45) is 0.972. The summed E-state index contributed by atoms with van der Waals surface area (Å²) in [6.45, 7) is 6.27. The average Bonchev–Trinajstić information content (AvgIpc) is 2.36. The molecule has 1 heterocycles. The molecule has 0 radical (unpaired) electrons. The van der Waals surface area contributed by atoms with E-state index in [1.165, 1.54) is 5.56 Å². The molecule has 1 aromatic carbocycles. The molecule has 0 bridgehead atoms. The lowest BCUT2D eigenvalue weighted by molar-refractivity contribution is 0.0655. The topological polar surface area (TPSA) is 33.7 Å². The number of likely N-dealkylation sites (N-methyl/N-ethyl adjacent to an activating group) is 1. The summed E-state index contributed by atoms with van der Waals surface area (Å²) >= 11 is 0. The lowest BCUT2D eigenvalue weighted by Crippen LogP contribution is -2.41. The van der Waals surface area contributed by atoms with Crippen molar-refractivity contribution < 1.29 is 9.47 Å². The van der Waals surface area contributed by atoms with Crippen molar-refractivity contribution in [1.29, 1.82) is 0 Å². The van der Waals surface area contributed by atoms with E-state index in [0.29, 0.717) is 6.04 Å². The second kappa shape index (κ2) is 6.02. The minimum Gasteiger partial charge on any atom is -0.497 e. The van der Waals surface area contributed by atoms with Gasteiger partial charge in [-0.15, -0.1) is 0 Å². The lowest BCUT2D eigenvalue weighted by Gasteiger charge is -2.38. The smallest absolute Gasteiger partial charge is 0.128 e. The summed E-state index contributed by atoms with van der Waals surface area (Å²) in [6, 6.07) is 6.42. The minimum absolute atomic E-state index is 0.158. The Morgan fingerprint density at radius 1 is 1.40 bits per heavy atom. The Balaban J connectivity index is 2.17. The first-order valence-electron chi connectivity index (χ1n) is 7.16. The van der Waals surface area contributed by atoms with Crippen LogP contribution in [0.25, 0.3) is 0 Å². The third-order valence-electron chi connectivity index (χ3n) is 3.63. The second-order valence-electron chi connectivity index (χ2n) is 6.28. The van der Waals surface area contributed by atoms with Crippen LogP contribution in [0.4, 0.5) is 0 Å². The van der Waals surface area contributed by atoms with Gasteiger partial charge in [-0.1, -0.05) is 6.07 Å². The molecule has 0 saturated carbocycles. The molecule has 0 spiro atoms. The fourth-order valence-corrected chi connectivity index (χ4v) is 2.60. The van der Waals surface area contributed by atoms with E-state index < -0.39 is 0 Å². The van der Waals surface area contributed by atoms with Crippen molar-refractivity contribution in [3.8, 4) is 11.5 Å². The van der Waals surface area contributed by atoms with Gasteiger partial charge in [0.25, 0.3) is 0 Å². The molecule has 112 valence electrons. The standard InChI is InChI=1S/C16H26N2O2/c1-16(2)11-14(17-8-9-18(3)4)13-7-6-12(19-5)10-15(13)20-16/h6-7,10,14,17H,8-9,11H2,1-5H3. The van der Waals surface area contributed by atoms with Gasteiger partial charge in [0.05, 0.1) is 7.11 Å². The molecule has 1 N–H and O–H groups in total. The first-order valence-corrected chi connectivity index (χ1v) is 7.16. The largest absolute Gasteiger partial charge is 0.497 e. The number of ether oxygens (including phenoxy) is 2. The number of hydrogen-bond donors (Lipinski definition) is 1. The molecule has 4 nitrogen and oxygen atoms in total. The molecule has 4 heteroatoms. The van der Waals surface area contributed by atoms with Crippen molar-refractivity contribution in [2.75, 3.05) is 34.3 Å². The summed E-state index contributed by atoms with van der Waals surface area (Å²) in [7, 11) is 5.87. The van der Waals surface area contributed by atoms with E-state index in [0.717, 1.165) is 31.0 Å². The highest BCUT2D eigenvalue weighted by molar-refractivity contribution is 5.44. The predicted molar refractivity (Wildman–Crippen MR) is 81.6 cm³/mol. The molecule has 1 atom stereocenters. The van der Waals surface area contributed by atoms with E-state index in [4.69, 9.17) is 9.47 Å². The number of fused-ring (bicyclic) bond motifs is 1. The van der Waals surface area contributed by atoms with Crippen molar-refractivity contribution >= 4 is 0 Å². The highest BCUT2D eigenvalue weighted by Crippen LogP contribution is 2.41. The van der Waals surface area contributed by atoms with Crippen LogP contribution in [0.3, 0.4) is 0 Å². The fraction of sp³-hybridized carbons (Fsp3) is 0.625. The van der Waals surface area contributed by atoms with Crippen LogP contribution in [0.1, 0.15) is 31.9 Å².